The maximum atomic E-state index is 13.1. The lowest BCUT2D eigenvalue weighted by Gasteiger charge is -2.27. The van der Waals surface area contributed by atoms with Crippen LogP contribution in [0.3, 0.4) is 0 Å². The van der Waals surface area contributed by atoms with Crippen molar-refractivity contribution in [1.82, 2.24) is 4.90 Å². The lowest BCUT2D eigenvalue weighted by molar-refractivity contribution is 0.0735. The Bertz CT molecular complexity index is 618. The number of carbonyl (C=O) groups is 1. The molecular formula is C14H11F2NOS. The van der Waals surface area contributed by atoms with Crippen LogP contribution in [-0.4, -0.2) is 17.4 Å². The van der Waals surface area contributed by atoms with Crippen LogP contribution in [-0.2, 0) is 13.0 Å². The second-order valence-electron chi connectivity index (χ2n) is 4.50. The van der Waals surface area contributed by atoms with Gasteiger partial charge in [-0.1, -0.05) is 0 Å². The quantitative estimate of drug-likeness (QED) is 0.785. The van der Waals surface area contributed by atoms with E-state index in [9.17, 15) is 13.6 Å². The molecule has 0 saturated heterocycles. The Morgan fingerprint density at radius 3 is 2.68 bits per heavy atom. The van der Waals surface area contributed by atoms with Crippen molar-refractivity contribution in [2.75, 3.05) is 6.54 Å². The number of fused-ring (bicyclic) bond motifs is 1. The number of rotatable bonds is 1. The number of halogens is 2. The molecule has 98 valence electrons. The topological polar surface area (TPSA) is 20.3 Å². The Kier molecular flexibility index (Phi) is 3.06. The minimum Gasteiger partial charge on any atom is -0.334 e. The molecule has 0 bridgehead atoms. The Morgan fingerprint density at radius 1 is 1.21 bits per heavy atom. The molecule has 3 rings (SSSR count). The predicted molar refractivity (Wildman–Crippen MR) is 69.1 cm³/mol. The molecular weight excluding hydrogens is 268 g/mol. The van der Waals surface area contributed by atoms with E-state index in [4.69, 9.17) is 0 Å². The molecule has 1 aromatic heterocycles. The first-order valence-electron chi connectivity index (χ1n) is 5.94. The van der Waals surface area contributed by atoms with Gasteiger partial charge in [-0.05, 0) is 35.6 Å². The van der Waals surface area contributed by atoms with Gasteiger partial charge < -0.3 is 4.90 Å². The Labute approximate surface area is 113 Å². The Balaban J connectivity index is 1.85. The first-order valence-corrected chi connectivity index (χ1v) is 6.82. The molecule has 0 N–H and O–H groups in total. The minimum atomic E-state index is -0.725. The van der Waals surface area contributed by atoms with E-state index in [0.29, 0.717) is 13.1 Å². The number of hydrogen-bond donors (Lipinski definition) is 0. The third-order valence-electron chi connectivity index (χ3n) is 3.20. The van der Waals surface area contributed by atoms with Crippen LogP contribution in [0.4, 0.5) is 8.78 Å². The van der Waals surface area contributed by atoms with Crippen LogP contribution in [0, 0.1) is 11.6 Å². The zero-order chi connectivity index (χ0) is 13.4. The average molecular weight is 279 g/mol. The second kappa shape index (κ2) is 4.74. The number of benzene rings is 1. The van der Waals surface area contributed by atoms with E-state index in [0.717, 1.165) is 30.2 Å². The maximum absolute atomic E-state index is 13.1. The molecule has 1 aromatic carbocycles. The van der Waals surface area contributed by atoms with E-state index < -0.39 is 11.6 Å². The second-order valence-corrected chi connectivity index (χ2v) is 5.50. The highest BCUT2D eigenvalue weighted by Gasteiger charge is 2.23. The molecule has 19 heavy (non-hydrogen) atoms. The number of carbonyl (C=O) groups excluding carboxylic acids is 1. The standard InChI is InChI=1S/C14H11F2NOS/c15-11-5-10(6-12(16)7-11)14(18)17-3-1-13-9(8-17)2-4-19-13/h2,4-7H,1,3,8H2. The van der Waals surface area contributed by atoms with Crippen LogP contribution in [0.5, 0.6) is 0 Å². The monoisotopic (exact) mass is 279 g/mol. The van der Waals surface area contributed by atoms with Gasteiger partial charge in [0.15, 0.2) is 0 Å². The van der Waals surface area contributed by atoms with E-state index in [2.05, 4.69) is 0 Å². The summed E-state index contributed by atoms with van der Waals surface area (Å²) in [5.41, 5.74) is 1.19. The van der Waals surface area contributed by atoms with Crippen molar-refractivity contribution in [3.63, 3.8) is 0 Å². The Morgan fingerprint density at radius 2 is 1.95 bits per heavy atom. The van der Waals surface area contributed by atoms with Gasteiger partial charge in [-0.3, -0.25) is 4.79 Å². The molecule has 5 heteroatoms. The molecule has 0 fully saturated rings. The summed E-state index contributed by atoms with van der Waals surface area (Å²) < 4.78 is 26.3. The maximum Gasteiger partial charge on any atom is 0.254 e. The molecule has 0 aliphatic carbocycles. The highest BCUT2D eigenvalue weighted by molar-refractivity contribution is 7.10. The van der Waals surface area contributed by atoms with Crippen LogP contribution in [0.1, 0.15) is 20.8 Å². The first kappa shape index (κ1) is 12.3. The number of thiophene rings is 1. The normalized spacial score (nSPS) is 14.3. The number of amides is 1. The molecule has 1 aliphatic heterocycles. The van der Waals surface area contributed by atoms with Crippen LogP contribution in [0.15, 0.2) is 29.6 Å². The van der Waals surface area contributed by atoms with Crippen molar-refractivity contribution in [1.29, 1.82) is 0 Å². The molecule has 0 unspecified atom stereocenters. The summed E-state index contributed by atoms with van der Waals surface area (Å²) in [6.45, 7) is 1.10. The van der Waals surface area contributed by atoms with Crippen molar-refractivity contribution >= 4 is 17.2 Å². The van der Waals surface area contributed by atoms with Crippen molar-refractivity contribution in [3.8, 4) is 0 Å². The SMILES string of the molecule is O=C(c1cc(F)cc(F)c1)N1CCc2sccc2C1. The molecule has 0 spiro atoms. The van der Waals surface area contributed by atoms with Gasteiger partial charge in [-0.15, -0.1) is 11.3 Å². The molecule has 2 nitrogen and oxygen atoms in total. The molecule has 0 atom stereocenters. The Hall–Kier alpha value is -1.75. The van der Waals surface area contributed by atoms with Crippen molar-refractivity contribution in [3.05, 3.63) is 57.3 Å². The smallest absolute Gasteiger partial charge is 0.254 e. The average Bonchev–Trinajstić information content (AvgIpc) is 2.83. The fourth-order valence-corrected chi connectivity index (χ4v) is 3.17. The number of nitrogens with zero attached hydrogens (tertiary/aromatic N) is 1. The summed E-state index contributed by atoms with van der Waals surface area (Å²) >= 11 is 1.68. The zero-order valence-corrected chi connectivity index (χ0v) is 10.8. The minimum absolute atomic E-state index is 0.0659. The largest absolute Gasteiger partial charge is 0.334 e. The molecule has 0 radical (unpaired) electrons. The van der Waals surface area contributed by atoms with E-state index in [1.165, 1.54) is 4.88 Å². The van der Waals surface area contributed by atoms with E-state index in [1.54, 1.807) is 16.2 Å². The molecule has 1 aliphatic rings. The van der Waals surface area contributed by atoms with Gasteiger partial charge in [0.2, 0.25) is 0 Å². The molecule has 2 heterocycles. The highest BCUT2D eigenvalue weighted by atomic mass is 32.1. The molecule has 1 amide bonds. The summed E-state index contributed by atoms with van der Waals surface area (Å²) in [7, 11) is 0. The van der Waals surface area contributed by atoms with Gasteiger partial charge in [0.05, 0.1) is 0 Å². The van der Waals surface area contributed by atoms with Crippen LogP contribution in [0.2, 0.25) is 0 Å². The van der Waals surface area contributed by atoms with E-state index in [1.807, 2.05) is 11.4 Å². The van der Waals surface area contributed by atoms with E-state index in [-0.39, 0.29) is 11.5 Å². The van der Waals surface area contributed by atoms with Crippen LogP contribution in [0.25, 0.3) is 0 Å². The summed E-state index contributed by atoms with van der Waals surface area (Å²) in [5, 5.41) is 2.00. The van der Waals surface area contributed by atoms with Gasteiger partial charge in [-0.25, -0.2) is 8.78 Å². The fourth-order valence-electron chi connectivity index (χ4n) is 2.28. The van der Waals surface area contributed by atoms with Crippen molar-refractivity contribution in [2.24, 2.45) is 0 Å². The third-order valence-corrected chi connectivity index (χ3v) is 4.23. The van der Waals surface area contributed by atoms with Crippen LogP contribution >= 0.6 is 11.3 Å². The summed E-state index contributed by atoms with van der Waals surface area (Å²) in [6, 6.07) is 4.92. The predicted octanol–water partition coefficient (Wildman–Crippen LogP) is 3.22. The lowest BCUT2D eigenvalue weighted by atomic mass is 10.1. The van der Waals surface area contributed by atoms with Crippen molar-refractivity contribution < 1.29 is 13.6 Å². The van der Waals surface area contributed by atoms with Crippen molar-refractivity contribution in [2.45, 2.75) is 13.0 Å². The van der Waals surface area contributed by atoms with E-state index >= 15 is 0 Å². The summed E-state index contributed by atoms with van der Waals surface area (Å²) in [4.78, 5) is 15.1. The highest BCUT2D eigenvalue weighted by Crippen LogP contribution is 2.25. The van der Waals surface area contributed by atoms with Gasteiger partial charge >= 0.3 is 0 Å². The lowest BCUT2D eigenvalue weighted by Crippen LogP contribution is -2.35. The first-order chi connectivity index (χ1) is 9.13. The van der Waals surface area contributed by atoms with Gasteiger partial charge in [0.25, 0.3) is 5.91 Å². The molecule has 0 saturated carbocycles. The summed E-state index contributed by atoms with van der Waals surface area (Å²) in [6.07, 6.45) is 0.802. The number of hydrogen-bond acceptors (Lipinski definition) is 2. The van der Waals surface area contributed by atoms with Crippen LogP contribution < -0.4 is 0 Å². The third kappa shape index (κ3) is 2.38. The summed E-state index contributed by atoms with van der Waals surface area (Å²) in [5.74, 6) is -1.77. The van der Waals surface area contributed by atoms with Gasteiger partial charge in [0, 0.05) is 29.6 Å². The van der Waals surface area contributed by atoms with Gasteiger partial charge in [-0.2, -0.15) is 0 Å². The molecule has 2 aromatic rings. The zero-order valence-electron chi connectivity index (χ0n) is 10.0. The van der Waals surface area contributed by atoms with Gasteiger partial charge in [0.1, 0.15) is 11.6 Å². The fraction of sp³-hybridized carbons (Fsp3) is 0.214.